The van der Waals surface area contributed by atoms with Crippen molar-refractivity contribution in [1.82, 2.24) is 5.32 Å². The number of hydrogen-bond donors (Lipinski definition) is 2. The maximum Gasteiger partial charge on any atom is 0.309 e. The molecule has 0 aromatic carbocycles. The predicted octanol–water partition coefficient (Wildman–Crippen LogP) is 9.09. The third kappa shape index (κ3) is 5.37. The Balaban J connectivity index is 1.18. The van der Waals surface area contributed by atoms with Gasteiger partial charge in [0.2, 0.25) is 5.91 Å². The Morgan fingerprint density at radius 1 is 0.739 bits per heavy atom. The quantitative estimate of drug-likeness (QED) is 0.271. The number of nitrogens with one attached hydrogen (secondary N) is 1. The van der Waals surface area contributed by atoms with Crippen molar-refractivity contribution in [2.45, 2.75) is 176 Å². The predicted molar refractivity (Wildman–Crippen MR) is 181 cm³/mol. The van der Waals surface area contributed by atoms with E-state index < -0.39 is 11.4 Å². The van der Waals surface area contributed by atoms with E-state index in [1.54, 1.807) is 13.8 Å². The van der Waals surface area contributed by atoms with Gasteiger partial charge in [0.15, 0.2) is 0 Å². The summed E-state index contributed by atoms with van der Waals surface area (Å²) in [5.41, 5.74) is -0.330. The molecule has 0 aliphatic heterocycles. The average molecular weight is 640 g/mol. The summed E-state index contributed by atoms with van der Waals surface area (Å²) < 4.78 is 6.16. The number of ether oxygens (including phenoxy) is 1. The molecule has 2 N–H and O–H groups in total. The van der Waals surface area contributed by atoms with E-state index in [1.165, 1.54) is 70.6 Å². The first kappa shape index (κ1) is 34.3. The van der Waals surface area contributed by atoms with Crippen molar-refractivity contribution in [2.75, 3.05) is 0 Å². The largest absolute Gasteiger partial charge is 0.481 e. The molecule has 6 saturated carbocycles. The van der Waals surface area contributed by atoms with Crippen LogP contribution in [0.15, 0.2) is 0 Å². The van der Waals surface area contributed by atoms with Crippen molar-refractivity contribution in [1.29, 1.82) is 0 Å². The van der Waals surface area contributed by atoms with Crippen molar-refractivity contribution >= 4 is 17.8 Å². The lowest BCUT2D eigenvalue weighted by molar-refractivity contribution is -0.248. The van der Waals surface area contributed by atoms with Crippen molar-refractivity contribution in [3.05, 3.63) is 0 Å². The molecule has 9 atom stereocenters. The van der Waals surface area contributed by atoms with Gasteiger partial charge in [-0.25, -0.2) is 0 Å². The van der Waals surface area contributed by atoms with Gasteiger partial charge in [-0.15, -0.1) is 0 Å². The highest BCUT2D eigenvalue weighted by atomic mass is 16.5. The van der Waals surface area contributed by atoms with E-state index in [4.69, 9.17) is 4.74 Å². The normalized spacial score (nSPS) is 43.8. The second kappa shape index (κ2) is 11.8. The van der Waals surface area contributed by atoms with E-state index in [1.807, 2.05) is 0 Å². The van der Waals surface area contributed by atoms with Crippen LogP contribution in [0.25, 0.3) is 0 Å². The Morgan fingerprint density at radius 2 is 1.46 bits per heavy atom. The highest BCUT2D eigenvalue weighted by molar-refractivity contribution is 5.81. The van der Waals surface area contributed by atoms with Crippen LogP contribution >= 0.6 is 0 Å². The Labute approximate surface area is 279 Å². The van der Waals surface area contributed by atoms with Crippen LogP contribution in [0.3, 0.4) is 0 Å². The molecule has 0 aromatic rings. The third-order valence-electron chi connectivity index (χ3n) is 16.4. The molecule has 6 aliphatic carbocycles. The number of carbonyl (C=O) groups is 3. The molecule has 260 valence electrons. The van der Waals surface area contributed by atoms with Gasteiger partial charge in [0, 0.05) is 17.9 Å². The van der Waals surface area contributed by atoms with E-state index in [-0.39, 0.29) is 45.6 Å². The number of hydrogen-bond acceptors (Lipinski definition) is 4. The third-order valence-corrected chi connectivity index (χ3v) is 16.4. The maximum atomic E-state index is 13.5. The minimum absolute atomic E-state index is 0.0951. The Kier molecular flexibility index (Phi) is 8.78. The Hall–Kier alpha value is -1.59. The van der Waals surface area contributed by atoms with Crippen LogP contribution in [0.5, 0.6) is 0 Å². The molecule has 0 aromatic heterocycles. The summed E-state index contributed by atoms with van der Waals surface area (Å²) >= 11 is 0. The van der Waals surface area contributed by atoms with Gasteiger partial charge in [0.25, 0.3) is 0 Å². The molecular formula is C40H65NO5. The number of esters is 1. The molecule has 2 unspecified atom stereocenters. The molecule has 46 heavy (non-hydrogen) atoms. The molecule has 1 amide bonds. The fraction of sp³-hybridized carbons (Fsp3) is 0.925. The summed E-state index contributed by atoms with van der Waals surface area (Å²) in [5, 5.41) is 13.0. The molecular weight excluding hydrogens is 574 g/mol. The van der Waals surface area contributed by atoms with Crippen molar-refractivity contribution in [3.8, 4) is 0 Å². The number of rotatable bonds is 7. The van der Waals surface area contributed by atoms with Gasteiger partial charge in [0.1, 0.15) is 6.10 Å². The molecule has 0 saturated heterocycles. The number of fused-ring (bicyclic) bond motifs is 7. The molecule has 0 heterocycles. The zero-order valence-electron chi connectivity index (χ0n) is 30.3. The van der Waals surface area contributed by atoms with Gasteiger partial charge in [-0.2, -0.15) is 0 Å². The summed E-state index contributed by atoms with van der Waals surface area (Å²) in [7, 11) is 0. The Bertz CT molecular complexity index is 1200. The number of carboxylic acids is 1. The maximum absolute atomic E-state index is 13.5. The van der Waals surface area contributed by atoms with Crippen LogP contribution in [0.4, 0.5) is 0 Å². The lowest BCUT2D eigenvalue weighted by Gasteiger charge is -2.72. The fourth-order valence-corrected chi connectivity index (χ4v) is 13.7. The van der Waals surface area contributed by atoms with Crippen molar-refractivity contribution < 1.29 is 24.2 Å². The van der Waals surface area contributed by atoms with E-state index in [9.17, 15) is 19.5 Å². The lowest BCUT2D eigenvalue weighted by atomic mass is 9.32. The monoisotopic (exact) mass is 639 g/mol. The topological polar surface area (TPSA) is 92.7 Å². The first-order valence-corrected chi connectivity index (χ1v) is 19.2. The van der Waals surface area contributed by atoms with Gasteiger partial charge in [-0.3, -0.25) is 14.4 Å². The van der Waals surface area contributed by atoms with Gasteiger partial charge < -0.3 is 15.2 Å². The number of carboxylic acid groups (broad SMARTS) is 1. The summed E-state index contributed by atoms with van der Waals surface area (Å²) in [6.07, 6.45) is 19.8. The minimum Gasteiger partial charge on any atom is -0.481 e. The SMILES string of the molecule is CC(C)(CC(=O)O[C@H]1CC[C@@]2(C)C(CC[C@]3(C)C2CC[C@@H]2[C@H]4CCC[C@]4(CC(=O)NC4CCCCC4)CC[C@]23C)C1(C)C)C(=O)O. The Morgan fingerprint density at radius 3 is 2.15 bits per heavy atom. The minimum atomic E-state index is -1.12. The highest BCUT2D eigenvalue weighted by Crippen LogP contribution is 2.77. The van der Waals surface area contributed by atoms with Crippen LogP contribution in [0, 0.1) is 56.2 Å². The first-order chi connectivity index (χ1) is 21.5. The van der Waals surface area contributed by atoms with Crippen LogP contribution in [-0.2, 0) is 19.1 Å². The zero-order chi connectivity index (χ0) is 33.3. The van der Waals surface area contributed by atoms with Gasteiger partial charge in [-0.05, 0) is 136 Å². The molecule has 0 radical (unpaired) electrons. The van der Waals surface area contributed by atoms with Gasteiger partial charge in [0.05, 0.1) is 11.8 Å². The van der Waals surface area contributed by atoms with Crippen LogP contribution in [-0.4, -0.2) is 35.1 Å². The molecule has 0 spiro atoms. The second-order valence-corrected chi connectivity index (χ2v) is 19.3. The summed E-state index contributed by atoms with van der Waals surface area (Å²) in [4.78, 5) is 38.2. The number of carbonyl (C=O) groups excluding carboxylic acids is 2. The zero-order valence-corrected chi connectivity index (χ0v) is 30.3. The van der Waals surface area contributed by atoms with Crippen LogP contribution in [0.2, 0.25) is 0 Å². The summed E-state index contributed by atoms with van der Waals surface area (Å²) in [6, 6.07) is 0.399. The molecule has 6 fully saturated rings. The molecule has 6 heteroatoms. The van der Waals surface area contributed by atoms with E-state index >= 15 is 0 Å². The molecule has 0 bridgehead atoms. The second-order valence-electron chi connectivity index (χ2n) is 19.3. The highest BCUT2D eigenvalue weighted by Gasteiger charge is 2.70. The van der Waals surface area contributed by atoms with Gasteiger partial charge in [-0.1, -0.05) is 60.3 Å². The molecule has 6 rings (SSSR count). The van der Waals surface area contributed by atoms with Crippen molar-refractivity contribution in [2.24, 2.45) is 56.2 Å². The van der Waals surface area contributed by atoms with E-state index in [2.05, 4.69) is 39.9 Å². The van der Waals surface area contributed by atoms with Crippen LogP contribution in [0.1, 0.15) is 164 Å². The average Bonchev–Trinajstić information content (AvgIpc) is 3.38. The fourth-order valence-electron chi connectivity index (χ4n) is 13.7. The standard InChI is InChI=1S/C40H65NO5/c1-35(2,34(44)45)25-33(43)46-31-18-20-37(5)29(36(31,3)4)17-21-39(7)30(37)16-15-27-28-14-11-19-40(28,23-22-38(27,39)6)24-32(42)41-26-12-9-8-10-13-26/h26-31H,8-25H2,1-7H3,(H,41,42)(H,44,45)/t27-,28-,29?,30?,31+,37+,38-,39-,40-/m1/s1. The number of aliphatic carboxylic acids is 1. The summed E-state index contributed by atoms with van der Waals surface area (Å²) in [6.45, 7) is 15.7. The van der Waals surface area contributed by atoms with Crippen molar-refractivity contribution in [3.63, 3.8) is 0 Å². The first-order valence-electron chi connectivity index (χ1n) is 19.2. The number of amides is 1. The van der Waals surface area contributed by atoms with Gasteiger partial charge >= 0.3 is 11.9 Å². The van der Waals surface area contributed by atoms with E-state index in [0.29, 0.717) is 35.6 Å². The lowest BCUT2D eigenvalue weighted by Crippen LogP contribution is -2.66. The summed E-state index contributed by atoms with van der Waals surface area (Å²) in [5.74, 6) is 1.49. The van der Waals surface area contributed by atoms with Crippen LogP contribution < -0.4 is 5.32 Å². The molecule has 6 aliphatic rings. The smallest absolute Gasteiger partial charge is 0.309 e. The van der Waals surface area contributed by atoms with E-state index in [0.717, 1.165) is 38.5 Å². The molecule has 6 nitrogen and oxygen atoms in total.